The third kappa shape index (κ3) is 2.91. The van der Waals surface area contributed by atoms with Crippen LogP contribution in [0.1, 0.15) is 5.76 Å². The first-order chi connectivity index (χ1) is 13.8. The fourth-order valence-electron chi connectivity index (χ4n) is 3.33. The van der Waals surface area contributed by atoms with Gasteiger partial charge in [0.05, 0.1) is 18.2 Å². The highest BCUT2D eigenvalue weighted by Gasteiger charge is 2.12. The largest absolute Gasteiger partial charge is 0.467 e. The number of aromatic nitrogens is 3. The lowest BCUT2D eigenvalue weighted by atomic mass is 10.00. The predicted molar refractivity (Wildman–Crippen MR) is 109 cm³/mol. The van der Waals surface area contributed by atoms with E-state index in [1.165, 1.54) is 0 Å². The normalized spacial score (nSPS) is 11.1. The van der Waals surface area contributed by atoms with Crippen LogP contribution in [0.2, 0.25) is 0 Å². The number of anilines is 1. The second-order valence-electron chi connectivity index (χ2n) is 6.47. The zero-order valence-corrected chi connectivity index (χ0v) is 14.8. The van der Waals surface area contributed by atoms with Gasteiger partial charge in [0.2, 0.25) is 5.95 Å². The number of nitrogens with one attached hydrogen (secondary N) is 2. The van der Waals surface area contributed by atoms with E-state index in [4.69, 9.17) is 4.42 Å². The number of benzene rings is 2. The van der Waals surface area contributed by atoms with E-state index in [0.29, 0.717) is 23.5 Å². The molecule has 6 heteroatoms. The molecular weight excluding hydrogens is 352 g/mol. The smallest absolute Gasteiger partial charge is 0.262 e. The van der Waals surface area contributed by atoms with E-state index in [1.54, 1.807) is 12.5 Å². The van der Waals surface area contributed by atoms with Gasteiger partial charge in [0, 0.05) is 6.20 Å². The quantitative estimate of drug-likeness (QED) is 0.493. The van der Waals surface area contributed by atoms with Gasteiger partial charge in [-0.1, -0.05) is 36.4 Å². The zero-order valence-electron chi connectivity index (χ0n) is 14.8. The molecule has 0 aliphatic rings. The average molecular weight is 368 g/mol. The molecule has 28 heavy (non-hydrogen) atoms. The summed E-state index contributed by atoms with van der Waals surface area (Å²) in [5.41, 5.74) is 1.93. The van der Waals surface area contributed by atoms with Crippen LogP contribution in [-0.2, 0) is 6.54 Å². The molecule has 136 valence electrons. The highest BCUT2D eigenvalue weighted by Crippen LogP contribution is 2.28. The molecule has 0 atom stereocenters. The third-order valence-corrected chi connectivity index (χ3v) is 4.68. The Morgan fingerprint density at radius 3 is 2.75 bits per heavy atom. The van der Waals surface area contributed by atoms with Crippen molar-refractivity contribution in [3.8, 4) is 11.1 Å². The number of H-pyrrole nitrogens is 1. The summed E-state index contributed by atoms with van der Waals surface area (Å²) >= 11 is 0. The van der Waals surface area contributed by atoms with Crippen LogP contribution in [0.4, 0.5) is 5.95 Å². The number of nitrogens with zero attached hydrogens (tertiary/aromatic N) is 2. The lowest BCUT2D eigenvalue weighted by Gasteiger charge is -2.09. The standard InChI is InChI=1S/C22H16N4O2/c27-21-19-18(16-8-7-14-4-1-2-5-15(14)12-16)9-10-23-20(19)25-22(26-21)24-13-17-6-3-11-28-17/h1-12H,13H2,(H2,23,24,25,26,27). The minimum atomic E-state index is -0.233. The van der Waals surface area contributed by atoms with E-state index in [-0.39, 0.29) is 5.56 Å². The van der Waals surface area contributed by atoms with Crippen molar-refractivity contribution in [2.24, 2.45) is 0 Å². The highest BCUT2D eigenvalue weighted by molar-refractivity contribution is 5.95. The summed E-state index contributed by atoms with van der Waals surface area (Å²) < 4.78 is 5.29. The Morgan fingerprint density at radius 1 is 1.00 bits per heavy atom. The van der Waals surface area contributed by atoms with Crippen molar-refractivity contribution in [1.29, 1.82) is 0 Å². The summed E-state index contributed by atoms with van der Waals surface area (Å²) in [7, 11) is 0. The zero-order chi connectivity index (χ0) is 18.9. The predicted octanol–water partition coefficient (Wildman–Crippen LogP) is 4.34. The molecule has 0 saturated heterocycles. The van der Waals surface area contributed by atoms with Crippen LogP contribution in [0.15, 0.2) is 82.3 Å². The first kappa shape index (κ1) is 16.3. The Balaban J connectivity index is 1.58. The minimum absolute atomic E-state index is 0.233. The maximum Gasteiger partial charge on any atom is 0.262 e. The van der Waals surface area contributed by atoms with Crippen molar-refractivity contribution in [3.05, 3.63) is 89.2 Å². The molecule has 0 fully saturated rings. The Morgan fingerprint density at radius 2 is 1.89 bits per heavy atom. The van der Waals surface area contributed by atoms with E-state index < -0.39 is 0 Å². The van der Waals surface area contributed by atoms with Gasteiger partial charge < -0.3 is 9.73 Å². The first-order valence-electron chi connectivity index (χ1n) is 8.92. The van der Waals surface area contributed by atoms with Crippen LogP contribution in [0.25, 0.3) is 32.9 Å². The number of rotatable bonds is 4. The second-order valence-corrected chi connectivity index (χ2v) is 6.47. The molecule has 0 bridgehead atoms. The highest BCUT2D eigenvalue weighted by atomic mass is 16.3. The van der Waals surface area contributed by atoms with Gasteiger partial charge in [-0.3, -0.25) is 9.78 Å². The summed E-state index contributed by atoms with van der Waals surface area (Å²) in [6, 6.07) is 19.8. The van der Waals surface area contributed by atoms with E-state index in [9.17, 15) is 4.79 Å². The van der Waals surface area contributed by atoms with Crippen LogP contribution < -0.4 is 10.9 Å². The van der Waals surface area contributed by atoms with Gasteiger partial charge >= 0.3 is 0 Å². The van der Waals surface area contributed by atoms with Gasteiger partial charge in [-0.25, -0.2) is 4.98 Å². The van der Waals surface area contributed by atoms with Gasteiger partial charge in [0.15, 0.2) is 5.65 Å². The van der Waals surface area contributed by atoms with Crippen molar-refractivity contribution in [2.45, 2.75) is 6.54 Å². The molecule has 0 amide bonds. The van der Waals surface area contributed by atoms with Crippen LogP contribution >= 0.6 is 0 Å². The van der Waals surface area contributed by atoms with E-state index in [2.05, 4.69) is 44.5 Å². The number of fused-ring (bicyclic) bond motifs is 2. The molecule has 0 aliphatic carbocycles. The Hall–Kier alpha value is -3.93. The van der Waals surface area contributed by atoms with Crippen molar-refractivity contribution in [2.75, 3.05) is 5.32 Å². The van der Waals surface area contributed by atoms with Crippen molar-refractivity contribution in [1.82, 2.24) is 15.0 Å². The first-order valence-corrected chi connectivity index (χ1v) is 8.92. The van der Waals surface area contributed by atoms with Gasteiger partial charge in [0.1, 0.15) is 5.76 Å². The topological polar surface area (TPSA) is 83.8 Å². The van der Waals surface area contributed by atoms with Crippen LogP contribution in [-0.4, -0.2) is 15.0 Å². The molecule has 2 aromatic carbocycles. The maximum atomic E-state index is 12.8. The van der Waals surface area contributed by atoms with Crippen molar-refractivity contribution >= 4 is 27.8 Å². The molecule has 0 saturated carbocycles. The van der Waals surface area contributed by atoms with E-state index >= 15 is 0 Å². The van der Waals surface area contributed by atoms with Gasteiger partial charge in [0.25, 0.3) is 5.56 Å². The SMILES string of the molecule is O=c1[nH]c(NCc2ccco2)nc2nccc(-c3ccc4ccccc4c3)c12. The third-order valence-electron chi connectivity index (χ3n) is 4.68. The van der Waals surface area contributed by atoms with Gasteiger partial charge in [-0.2, -0.15) is 4.98 Å². The Kier molecular flexibility index (Phi) is 3.87. The van der Waals surface area contributed by atoms with E-state index in [1.807, 2.05) is 36.4 Å². The summed E-state index contributed by atoms with van der Waals surface area (Å²) in [6.07, 6.45) is 3.28. The van der Waals surface area contributed by atoms with Gasteiger partial charge in [-0.15, -0.1) is 0 Å². The number of aromatic amines is 1. The van der Waals surface area contributed by atoms with Gasteiger partial charge in [-0.05, 0) is 46.2 Å². The van der Waals surface area contributed by atoms with Crippen LogP contribution in [0.5, 0.6) is 0 Å². The summed E-state index contributed by atoms with van der Waals surface area (Å²) in [5, 5.41) is 5.81. The molecule has 2 N–H and O–H groups in total. The minimum Gasteiger partial charge on any atom is -0.467 e. The molecule has 3 aromatic heterocycles. The average Bonchev–Trinajstić information content (AvgIpc) is 3.25. The number of furan rings is 1. The molecule has 5 aromatic rings. The molecule has 6 nitrogen and oxygen atoms in total. The molecule has 0 spiro atoms. The molecule has 5 rings (SSSR count). The lowest BCUT2D eigenvalue weighted by molar-refractivity contribution is 0.517. The fraction of sp³-hybridized carbons (Fsp3) is 0.0455. The van der Waals surface area contributed by atoms with Crippen molar-refractivity contribution < 1.29 is 4.42 Å². The molecule has 3 heterocycles. The second kappa shape index (κ2) is 6.66. The Bertz CT molecular complexity index is 1340. The summed E-state index contributed by atoms with van der Waals surface area (Å²) in [5.74, 6) is 1.11. The molecule has 0 aliphatic heterocycles. The maximum absolute atomic E-state index is 12.8. The number of hydrogen-bond acceptors (Lipinski definition) is 5. The van der Waals surface area contributed by atoms with E-state index in [0.717, 1.165) is 27.7 Å². The fourth-order valence-corrected chi connectivity index (χ4v) is 3.33. The molecular formula is C22H16N4O2. The van der Waals surface area contributed by atoms with Crippen LogP contribution in [0.3, 0.4) is 0 Å². The number of hydrogen-bond donors (Lipinski definition) is 2. The molecule has 0 radical (unpaired) electrons. The summed E-state index contributed by atoms with van der Waals surface area (Å²) in [6.45, 7) is 0.422. The molecule has 0 unspecified atom stereocenters. The van der Waals surface area contributed by atoms with Crippen molar-refractivity contribution in [3.63, 3.8) is 0 Å². The lowest BCUT2D eigenvalue weighted by Crippen LogP contribution is -2.14. The number of pyridine rings is 1. The summed E-state index contributed by atoms with van der Waals surface area (Å²) in [4.78, 5) is 24.4. The van der Waals surface area contributed by atoms with Crippen LogP contribution in [0, 0.1) is 0 Å². The monoisotopic (exact) mass is 368 g/mol. The Labute approximate surface area is 159 Å².